The van der Waals surface area contributed by atoms with Crippen LogP contribution in [-0.4, -0.2) is 56.3 Å². The standard InChI is InChI=1S/C30H28FN7O4/c1-19-8-13-26(42-19)29-34-36-37(35-29)18-27(39)38(23-15-21-5-2-3-7-25(21)32-16-23)28(20-9-11-22(31)12-10-20)30(40)33-17-24-6-4-14-41-24/h2-3,5,7-13,15-16,24,28H,4,6,14,17-18H2,1H3,(H,33,40). The van der Waals surface area contributed by atoms with Crippen LogP contribution in [0.3, 0.4) is 0 Å². The molecule has 2 aromatic carbocycles. The summed E-state index contributed by atoms with van der Waals surface area (Å²) in [5, 5.41) is 16.1. The number of benzene rings is 2. The van der Waals surface area contributed by atoms with E-state index in [2.05, 4.69) is 25.7 Å². The number of pyridine rings is 1. The van der Waals surface area contributed by atoms with Crippen molar-refractivity contribution in [3.05, 3.63) is 90.1 Å². The first-order chi connectivity index (χ1) is 20.4. The lowest BCUT2D eigenvalue weighted by atomic mass is 10.0. The molecule has 0 spiro atoms. The van der Waals surface area contributed by atoms with E-state index in [1.54, 1.807) is 25.1 Å². The number of anilines is 1. The number of carbonyl (C=O) groups is 2. The number of nitrogens with one attached hydrogen (secondary N) is 1. The molecule has 4 heterocycles. The highest BCUT2D eigenvalue weighted by molar-refractivity contribution is 6.02. The zero-order valence-corrected chi connectivity index (χ0v) is 22.8. The number of carbonyl (C=O) groups excluding carboxylic acids is 2. The molecule has 5 aromatic rings. The molecule has 42 heavy (non-hydrogen) atoms. The largest absolute Gasteiger partial charge is 0.458 e. The second kappa shape index (κ2) is 11.9. The van der Waals surface area contributed by atoms with Crippen LogP contribution in [0.4, 0.5) is 10.1 Å². The minimum absolute atomic E-state index is 0.114. The predicted molar refractivity (Wildman–Crippen MR) is 151 cm³/mol. The highest BCUT2D eigenvalue weighted by Gasteiger charge is 2.34. The van der Waals surface area contributed by atoms with Crippen LogP contribution in [0.25, 0.3) is 22.5 Å². The van der Waals surface area contributed by atoms with Crippen molar-refractivity contribution in [3.8, 4) is 11.6 Å². The lowest BCUT2D eigenvalue weighted by molar-refractivity contribution is -0.127. The van der Waals surface area contributed by atoms with Gasteiger partial charge in [-0.2, -0.15) is 4.80 Å². The maximum atomic E-state index is 14.1. The summed E-state index contributed by atoms with van der Waals surface area (Å²) in [6.07, 6.45) is 3.17. The molecule has 1 aliphatic rings. The van der Waals surface area contributed by atoms with Crippen molar-refractivity contribution in [2.75, 3.05) is 18.1 Å². The Morgan fingerprint density at radius 1 is 1.14 bits per heavy atom. The summed E-state index contributed by atoms with van der Waals surface area (Å²) in [4.78, 5) is 35.0. The number of hydrogen-bond donors (Lipinski definition) is 1. The molecule has 1 saturated heterocycles. The monoisotopic (exact) mass is 569 g/mol. The minimum Gasteiger partial charge on any atom is -0.458 e. The Hall–Kier alpha value is -4.97. The number of ether oxygens (including phenoxy) is 1. The second-order valence-corrected chi connectivity index (χ2v) is 10.0. The number of rotatable bonds is 9. The molecular formula is C30H28FN7O4. The second-order valence-electron chi connectivity index (χ2n) is 10.0. The Kier molecular flexibility index (Phi) is 7.69. The van der Waals surface area contributed by atoms with Gasteiger partial charge in [0.15, 0.2) is 5.76 Å². The van der Waals surface area contributed by atoms with E-state index in [0.29, 0.717) is 29.4 Å². The van der Waals surface area contributed by atoms with E-state index in [1.165, 1.54) is 35.4 Å². The Morgan fingerprint density at radius 3 is 2.74 bits per heavy atom. The highest BCUT2D eigenvalue weighted by atomic mass is 19.1. The normalized spacial score (nSPS) is 15.5. The Labute approximate surface area is 240 Å². The Morgan fingerprint density at radius 2 is 1.98 bits per heavy atom. The van der Waals surface area contributed by atoms with E-state index in [9.17, 15) is 14.0 Å². The van der Waals surface area contributed by atoms with E-state index >= 15 is 0 Å². The molecule has 0 aliphatic carbocycles. The van der Waals surface area contributed by atoms with Crippen molar-refractivity contribution < 1.29 is 23.1 Å². The molecule has 1 fully saturated rings. The van der Waals surface area contributed by atoms with Gasteiger partial charge in [0.25, 0.3) is 5.91 Å². The van der Waals surface area contributed by atoms with Gasteiger partial charge in [-0.3, -0.25) is 19.5 Å². The zero-order chi connectivity index (χ0) is 29.1. The van der Waals surface area contributed by atoms with Crippen LogP contribution in [0.2, 0.25) is 0 Å². The SMILES string of the molecule is Cc1ccc(-c2nnn(CC(=O)N(c3cnc4ccccc4c3)C(C(=O)NCC3CCCO3)c3ccc(F)cc3)n2)o1. The first-order valence-electron chi connectivity index (χ1n) is 13.6. The summed E-state index contributed by atoms with van der Waals surface area (Å²) < 4.78 is 25.2. The highest BCUT2D eigenvalue weighted by Crippen LogP contribution is 2.30. The van der Waals surface area contributed by atoms with Crippen molar-refractivity contribution in [1.29, 1.82) is 0 Å². The summed E-state index contributed by atoms with van der Waals surface area (Å²) in [6.45, 7) is 2.38. The van der Waals surface area contributed by atoms with Gasteiger partial charge >= 0.3 is 0 Å². The van der Waals surface area contributed by atoms with Crippen molar-refractivity contribution in [2.24, 2.45) is 0 Å². The van der Waals surface area contributed by atoms with Gasteiger partial charge in [-0.15, -0.1) is 10.2 Å². The molecular weight excluding hydrogens is 541 g/mol. The van der Waals surface area contributed by atoms with Crippen molar-refractivity contribution in [3.63, 3.8) is 0 Å². The number of halogens is 1. The van der Waals surface area contributed by atoms with Gasteiger partial charge in [0, 0.05) is 18.5 Å². The molecule has 11 nitrogen and oxygen atoms in total. The number of aromatic nitrogens is 5. The fourth-order valence-electron chi connectivity index (χ4n) is 4.97. The van der Waals surface area contributed by atoms with E-state index in [4.69, 9.17) is 9.15 Å². The van der Waals surface area contributed by atoms with Crippen molar-refractivity contribution in [2.45, 2.75) is 38.5 Å². The summed E-state index contributed by atoms with van der Waals surface area (Å²) >= 11 is 0. The first kappa shape index (κ1) is 27.2. The summed E-state index contributed by atoms with van der Waals surface area (Å²) in [7, 11) is 0. The van der Waals surface area contributed by atoms with Gasteiger partial charge in [-0.05, 0) is 66.9 Å². The predicted octanol–water partition coefficient (Wildman–Crippen LogP) is 4.00. The van der Waals surface area contributed by atoms with Gasteiger partial charge in [0.05, 0.1) is 23.5 Å². The van der Waals surface area contributed by atoms with E-state index in [-0.39, 0.29) is 25.0 Å². The lowest BCUT2D eigenvalue weighted by Gasteiger charge is -2.31. The molecule has 0 radical (unpaired) electrons. The Bertz CT molecular complexity index is 1710. The van der Waals surface area contributed by atoms with Crippen LogP contribution in [0.1, 0.15) is 30.2 Å². The van der Waals surface area contributed by atoms with Crippen molar-refractivity contribution in [1.82, 2.24) is 30.5 Å². The van der Waals surface area contributed by atoms with Gasteiger partial charge < -0.3 is 14.5 Å². The first-order valence-corrected chi connectivity index (χ1v) is 13.6. The number of para-hydroxylation sites is 1. The fourth-order valence-corrected chi connectivity index (χ4v) is 4.97. The van der Waals surface area contributed by atoms with Gasteiger partial charge in [-0.1, -0.05) is 30.3 Å². The molecule has 2 atom stereocenters. The number of nitrogens with zero attached hydrogens (tertiary/aromatic N) is 6. The number of aryl methyl sites for hydroxylation is 1. The molecule has 2 unspecified atom stereocenters. The van der Waals surface area contributed by atoms with Crippen molar-refractivity contribution >= 4 is 28.4 Å². The summed E-state index contributed by atoms with van der Waals surface area (Å²) in [6, 6.07) is 17.1. The average Bonchev–Trinajstić information content (AvgIpc) is 3.78. The molecule has 0 saturated carbocycles. The minimum atomic E-state index is -1.15. The van der Waals surface area contributed by atoms with Crippen LogP contribution in [-0.2, 0) is 20.9 Å². The molecule has 1 N–H and O–H groups in total. The zero-order valence-electron chi connectivity index (χ0n) is 22.8. The van der Waals surface area contributed by atoms with E-state index < -0.39 is 23.7 Å². The number of amides is 2. The molecule has 6 rings (SSSR count). The van der Waals surface area contributed by atoms with Gasteiger partial charge in [0.1, 0.15) is 24.2 Å². The maximum absolute atomic E-state index is 14.1. The number of furan rings is 1. The van der Waals surface area contributed by atoms with Crippen LogP contribution >= 0.6 is 0 Å². The molecule has 0 bridgehead atoms. The number of hydrogen-bond acceptors (Lipinski definition) is 8. The summed E-state index contributed by atoms with van der Waals surface area (Å²) in [5.41, 5.74) is 1.52. The van der Waals surface area contributed by atoms with Crippen LogP contribution in [0.15, 0.2) is 77.3 Å². The number of tetrazole rings is 1. The quantitative estimate of drug-likeness (QED) is 0.282. The number of fused-ring (bicyclic) bond motifs is 1. The fraction of sp³-hybridized carbons (Fsp3) is 0.267. The third-order valence-electron chi connectivity index (χ3n) is 7.03. The molecule has 1 aliphatic heterocycles. The average molecular weight is 570 g/mol. The third-order valence-corrected chi connectivity index (χ3v) is 7.03. The topological polar surface area (TPSA) is 128 Å². The van der Waals surface area contributed by atoms with Crippen LogP contribution < -0.4 is 10.2 Å². The van der Waals surface area contributed by atoms with Gasteiger partial charge in [0.2, 0.25) is 11.7 Å². The molecule has 2 amide bonds. The van der Waals surface area contributed by atoms with Crippen LogP contribution in [0.5, 0.6) is 0 Å². The Balaban J connectivity index is 1.38. The lowest BCUT2D eigenvalue weighted by Crippen LogP contribution is -2.46. The maximum Gasteiger partial charge on any atom is 0.251 e. The van der Waals surface area contributed by atoms with Crippen LogP contribution in [0, 0.1) is 12.7 Å². The van der Waals surface area contributed by atoms with Gasteiger partial charge in [-0.25, -0.2) is 4.39 Å². The molecule has 3 aromatic heterocycles. The summed E-state index contributed by atoms with van der Waals surface area (Å²) in [5.74, 6) is -0.0950. The van der Waals surface area contributed by atoms with E-state index in [0.717, 1.165) is 28.5 Å². The molecule has 214 valence electrons. The van der Waals surface area contributed by atoms with E-state index in [1.807, 2.05) is 24.3 Å². The third kappa shape index (κ3) is 5.88. The smallest absolute Gasteiger partial charge is 0.251 e. The molecule has 12 heteroatoms.